The Morgan fingerprint density at radius 3 is 2.62 bits per heavy atom. The Morgan fingerprint density at radius 1 is 1.24 bits per heavy atom. The molecule has 5 rings (SSSR count). The van der Waals surface area contributed by atoms with Crippen LogP contribution in [0.5, 0.6) is 0 Å². The van der Waals surface area contributed by atoms with Crippen LogP contribution in [0.2, 0.25) is 0 Å². The smallest absolute Gasteiger partial charge is 0.274 e. The second-order valence-corrected chi connectivity index (χ2v) is 11.1. The maximum atomic E-state index is 12.9. The zero-order chi connectivity index (χ0) is 20.4. The number of carbonyl (C=O) groups is 1. The summed E-state index contributed by atoms with van der Waals surface area (Å²) in [5, 5.41) is 8.38. The number of nitrogens with zero attached hydrogens (tertiary/aromatic N) is 5. The minimum atomic E-state index is -3.36. The molecule has 1 unspecified atom stereocenters. The summed E-state index contributed by atoms with van der Waals surface area (Å²) in [6.45, 7) is 2.17. The third-order valence-corrected chi connectivity index (χ3v) is 9.50. The van der Waals surface area contributed by atoms with Gasteiger partial charge in [-0.25, -0.2) is 8.42 Å². The van der Waals surface area contributed by atoms with Gasteiger partial charge < -0.3 is 9.42 Å². The highest BCUT2D eigenvalue weighted by Crippen LogP contribution is 2.50. The maximum absolute atomic E-state index is 12.9. The van der Waals surface area contributed by atoms with E-state index in [4.69, 9.17) is 4.52 Å². The summed E-state index contributed by atoms with van der Waals surface area (Å²) >= 11 is 0. The van der Waals surface area contributed by atoms with Crippen molar-refractivity contribution >= 4 is 15.7 Å². The van der Waals surface area contributed by atoms with E-state index in [0.717, 1.165) is 18.5 Å². The van der Waals surface area contributed by atoms with Gasteiger partial charge in [0.05, 0.1) is 11.7 Å². The summed E-state index contributed by atoms with van der Waals surface area (Å²) in [5.74, 6) is 0.918. The molecule has 4 heterocycles. The predicted molar refractivity (Wildman–Crippen MR) is 103 cm³/mol. The van der Waals surface area contributed by atoms with Crippen LogP contribution in [-0.4, -0.2) is 62.7 Å². The second-order valence-electron chi connectivity index (χ2n) is 8.65. The second kappa shape index (κ2) is 6.38. The average molecular weight is 420 g/mol. The zero-order valence-corrected chi connectivity index (χ0v) is 17.5. The van der Waals surface area contributed by atoms with Crippen molar-refractivity contribution in [3.8, 4) is 0 Å². The lowest BCUT2D eigenvalue weighted by Gasteiger charge is -2.48. The molecule has 10 heteroatoms. The molecule has 1 saturated carbocycles. The van der Waals surface area contributed by atoms with E-state index in [1.165, 1.54) is 12.8 Å². The van der Waals surface area contributed by atoms with Crippen molar-refractivity contribution in [2.75, 3.05) is 18.8 Å². The molecule has 0 N–H and O–H groups in total. The van der Waals surface area contributed by atoms with E-state index in [0.29, 0.717) is 29.7 Å². The fraction of sp³-hybridized carbons (Fsp3) is 0.684. The molecule has 9 nitrogen and oxygen atoms in total. The number of rotatable bonds is 3. The average Bonchev–Trinajstić information content (AvgIpc) is 3.39. The fourth-order valence-electron chi connectivity index (χ4n) is 5.03. The van der Waals surface area contributed by atoms with Crippen molar-refractivity contribution in [3.63, 3.8) is 0 Å². The zero-order valence-electron chi connectivity index (χ0n) is 16.7. The standard InChI is InChI=1S/C19H25N5O4S/c1-12-9-15(21-23(12)2)18(25)24-10-19(11-24)14(7-8-29(19,26)27)17-20-16(22-28-17)13-5-3-4-6-13/h9,13-14H,3-8,10-11H2,1-2H3. The number of hydrogen-bond donors (Lipinski definition) is 0. The van der Waals surface area contributed by atoms with Crippen molar-refractivity contribution in [1.29, 1.82) is 0 Å². The van der Waals surface area contributed by atoms with E-state index >= 15 is 0 Å². The summed E-state index contributed by atoms with van der Waals surface area (Å²) < 4.78 is 32.0. The molecule has 0 radical (unpaired) electrons. The number of sulfone groups is 1. The monoisotopic (exact) mass is 419 g/mol. The van der Waals surface area contributed by atoms with Crippen LogP contribution in [0, 0.1) is 6.92 Å². The first-order chi connectivity index (χ1) is 13.8. The molecular formula is C19H25N5O4S. The number of carbonyl (C=O) groups excluding carboxylic acids is 1. The highest BCUT2D eigenvalue weighted by molar-refractivity contribution is 7.93. The molecule has 2 aromatic heterocycles. The Labute approximate surface area is 169 Å². The van der Waals surface area contributed by atoms with E-state index in [1.54, 1.807) is 22.7 Å². The molecule has 1 spiro atoms. The molecular weight excluding hydrogens is 394 g/mol. The first-order valence-electron chi connectivity index (χ1n) is 10.2. The molecule has 0 aromatic carbocycles. The van der Waals surface area contributed by atoms with Crippen LogP contribution in [0.1, 0.15) is 71.8 Å². The Balaban J connectivity index is 1.38. The lowest BCUT2D eigenvalue weighted by molar-refractivity contribution is 0.0497. The van der Waals surface area contributed by atoms with E-state index in [2.05, 4.69) is 15.2 Å². The van der Waals surface area contributed by atoms with Crippen LogP contribution in [0.15, 0.2) is 10.6 Å². The summed E-state index contributed by atoms with van der Waals surface area (Å²) in [5.41, 5.74) is 1.22. The van der Waals surface area contributed by atoms with Crippen molar-refractivity contribution in [2.24, 2.45) is 7.05 Å². The predicted octanol–water partition coefficient (Wildman–Crippen LogP) is 1.57. The van der Waals surface area contributed by atoms with Crippen LogP contribution in [-0.2, 0) is 16.9 Å². The van der Waals surface area contributed by atoms with Gasteiger partial charge in [-0.3, -0.25) is 9.48 Å². The Bertz CT molecular complexity index is 1040. The number of hydrogen-bond acceptors (Lipinski definition) is 7. The van der Waals surface area contributed by atoms with Gasteiger partial charge in [-0.1, -0.05) is 18.0 Å². The van der Waals surface area contributed by atoms with Crippen LogP contribution in [0.3, 0.4) is 0 Å². The SMILES string of the molecule is Cc1cc(C(=O)N2CC3(C2)C(c2nc(C4CCCC4)no2)CCS3(=O)=O)nn1C. The van der Waals surface area contributed by atoms with Crippen molar-refractivity contribution < 1.29 is 17.7 Å². The van der Waals surface area contributed by atoms with Crippen molar-refractivity contribution in [1.82, 2.24) is 24.8 Å². The van der Waals surface area contributed by atoms with Crippen LogP contribution >= 0.6 is 0 Å². The lowest BCUT2D eigenvalue weighted by atomic mass is 9.83. The van der Waals surface area contributed by atoms with Crippen LogP contribution in [0.4, 0.5) is 0 Å². The highest BCUT2D eigenvalue weighted by Gasteiger charge is 2.64. The van der Waals surface area contributed by atoms with Gasteiger partial charge in [0.15, 0.2) is 21.4 Å². The quantitative estimate of drug-likeness (QED) is 0.742. The topological polar surface area (TPSA) is 111 Å². The van der Waals surface area contributed by atoms with E-state index in [1.807, 2.05) is 6.92 Å². The Kier molecular flexibility index (Phi) is 4.13. The Hall–Kier alpha value is -2.23. The molecule has 2 aromatic rings. The van der Waals surface area contributed by atoms with E-state index in [-0.39, 0.29) is 30.7 Å². The van der Waals surface area contributed by atoms with Crippen LogP contribution in [0.25, 0.3) is 0 Å². The molecule has 2 saturated heterocycles. The first kappa shape index (κ1) is 18.8. The van der Waals surface area contributed by atoms with Gasteiger partial charge in [0.25, 0.3) is 5.91 Å². The van der Waals surface area contributed by atoms with Gasteiger partial charge in [-0.05, 0) is 32.3 Å². The molecule has 1 amide bonds. The maximum Gasteiger partial charge on any atom is 0.274 e. The molecule has 1 aliphatic carbocycles. The minimum Gasteiger partial charge on any atom is -0.339 e. The van der Waals surface area contributed by atoms with Gasteiger partial charge in [0, 0.05) is 31.7 Å². The van der Waals surface area contributed by atoms with E-state index in [9.17, 15) is 13.2 Å². The molecule has 2 aliphatic heterocycles. The number of aryl methyl sites for hydroxylation is 2. The third kappa shape index (κ3) is 2.75. The fourth-order valence-corrected chi connectivity index (χ4v) is 7.34. The van der Waals surface area contributed by atoms with Crippen molar-refractivity contribution in [2.45, 2.75) is 55.6 Å². The molecule has 1 atom stereocenters. The number of amides is 1. The molecule has 3 aliphatic rings. The number of likely N-dealkylation sites (tertiary alicyclic amines) is 1. The van der Waals surface area contributed by atoms with Gasteiger partial charge in [0.1, 0.15) is 4.75 Å². The van der Waals surface area contributed by atoms with E-state index < -0.39 is 14.6 Å². The summed E-state index contributed by atoms with van der Waals surface area (Å²) in [7, 11) is -1.58. The number of aromatic nitrogens is 4. The largest absolute Gasteiger partial charge is 0.339 e. The molecule has 156 valence electrons. The van der Waals surface area contributed by atoms with Gasteiger partial charge in [0.2, 0.25) is 5.89 Å². The minimum absolute atomic E-state index is 0.0868. The lowest BCUT2D eigenvalue weighted by Crippen LogP contribution is -2.67. The van der Waals surface area contributed by atoms with Gasteiger partial charge in [-0.15, -0.1) is 0 Å². The summed E-state index contributed by atoms with van der Waals surface area (Å²) in [6, 6.07) is 1.72. The van der Waals surface area contributed by atoms with Gasteiger partial charge in [-0.2, -0.15) is 10.1 Å². The summed E-state index contributed by atoms with van der Waals surface area (Å²) in [4.78, 5) is 18.9. The van der Waals surface area contributed by atoms with Gasteiger partial charge >= 0.3 is 0 Å². The highest BCUT2D eigenvalue weighted by atomic mass is 32.2. The van der Waals surface area contributed by atoms with Crippen LogP contribution < -0.4 is 0 Å². The molecule has 3 fully saturated rings. The van der Waals surface area contributed by atoms with Crippen molar-refractivity contribution in [3.05, 3.63) is 29.2 Å². The first-order valence-corrected chi connectivity index (χ1v) is 11.8. The summed E-state index contributed by atoms with van der Waals surface area (Å²) in [6.07, 6.45) is 4.90. The molecule has 0 bridgehead atoms. The molecule has 29 heavy (non-hydrogen) atoms. The normalized spacial score (nSPS) is 25.6. The Morgan fingerprint density at radius 2 is 1.97 bits per heavy atom. The third-order valence-electron chi connectivity index (χ3n) is 6.94.